The van der Waals surface area contributed by atoms with Gasteiger partial charge in [-0.25, -0.2) is 4.79 Å². The fourth-order valence-electron chi connectivity index (χ4n) is 5.90. The van der Waals surface area contributed by atoms with E-state index in [1.165, 1.54) is 12.1 Å². The molecule has 1 aliphatic rings. The lowest BCUT2D eigenvalue weighted by Gasteiger charge is -2.28. The van der Waals surface area contributed by atoms with Gasteiger partial charge in [-0.3, -0.25) is 24.0 Å². The minimum absolute atomic E-state index is 0.00211. The molecule has 53 heavy (non-hydrogen) atoms. The Labute approximate surface area is 311 Å². The predicted octanol–water partition coefficient (Wildman–Crippen LogP) is -1.15. The number of nitrogens with one attached hydrogen (secondary N) is 6. The molecule has 0 unspecified atom stereocenters. The molecule has 298 valence electrons. The first kappa shape index (κ1) is 44.8. The number of carboxylic acid groups (broad SMARTS) is 1. The van der Waals surface area contributed by atoms with Crippen LogP contribution in [0.4, 0.5) is 0 Å². The molecule has 0 radical (unpaired) electrons. The molecule has 1 heterocycles. The van der Waals surface area contributed by atoms with Gasteiger partial charge in [0.15, 0.2) is 0 Å². The van der Waals surface area contributed by atoms with Gasteiger partial charge >= 0.3 is 5.97 Å². The van der Waals surface area contributed by atoms with Crippen LogP contribution < -0.4 is 49.1 Å². The average molecular weight is 748 g/mol. The number of benzene rings is 1. The lowest BCUT2D eigenvalue weighted by Crippen LogP contribution is -2.58. The van der Waals surface area contributed by atoms with E-state index >= 15 is 0 Å². The Morgan fingerprint density at radius 2 is 1.57 bits per heavy atom. The number of phenolic OH excluding ortho intramolecular Hbond substituents is 1. The SMILES string of the molecule is CC(C)C[C@H](NC(=O)[C@H](Cc1ccc(O)cc1)NC(=O)[C@@H]1CC(=O)NCCC[C@H](N)C(=O)N[C@@H](CCCCN)C(=O)N[C@@H](CCCCN)CN1)C(=O)O. The van der Waals surface area contributed by atoms with E-state index in [2.05, 4.69) is 31.9 Å². The molecular weight excluding hydrogens is 686 g/mol. The summed E-state index contributed by atoms with van der Waals surface area (Å²) < 4.78 is 0. The summed E-state index contributed by atoms with van der Waals surface area (Å²) in [5.74, 6) is -4.07. The predicted molar refractivity (Wildman–Crippen MR) is 199 cm³/mol. The van der Waals surface area contributed by atoms with Crippen molar-refractivity contribution in [2.75, 3.05) is 26.2 Å². The van der Waals surface area contributed by atoms with Crippen molar-refractivity contribution in [3.05, 3.63) is 29.8 Å². The highest BCUT2D eigenvalue weighted by Crippen LogP contribution is 2.13. The molecule has 14 N–H and O–H groups in total. The molecular formula is C36H61N9O8. The molecule has 5 amide bonds. The topological polar surface area (TPSA) is 293 Å². The zero-order valence-corrected chi connectivity index (χ0v) is 31.0. The molecule has 6 atom stereocenters. The van der Waals surface area contributed by atoms with Crippen LogP contribution in [0.5, 0.6) is 5.75 Å². The first-order chi connectivity index (χ1) is 25.2. The van der Waals surface area contributed by atoms with Gasteiger partial charge in [0.25, 0.3) is 0 Å². The number of hydrogen-bond donors (Lipinski definition) is 11. The molecule has 0 aliphatic carbocycles. The minimum atomic E-state index is -1.24. The van der Waals surface area contributed by atoms with Crippen molar-refractivity contribution in [2.24, 2.45) is 23.1 Å². The first-order valence-electron chi connectivity index (χ1n) is 18.6. The van der Waals surface area contributed by atoms with Crippen LogP contribution in [0.25, 0.3) is 0 Å². The van der Waals surface area contributed by atoms with Crippen molar-refractivity contribution in [1.29, 1.82) is 0 Å². The summed E-state index contributed by atoms with van der Waals surface area (Å²) in [6, 6.07) is 0.0817. The van der Waals surface area contributed by atoms with Crippen LogP contribution >= 0.6 is 0 Å². The third kappa shape index (κ3) is 17.4. The maximum atomic E-state index is 14.0. The normalized spacial score (nSPS) is 21.8. The number of nitrogens with two attached hydrogens (primary N) is 3. The van der Waals surface area contributed by atoms with Gasteiger partial charge in [-0.2, -0.15) is 0 Å². The van der Waals surface area contributed by atoms with Crippen molar-refractivity contribution in [3.8, 4) is 5.75 Å². The lowest BCUT2D eigenvalue weighted by molar-refractivity contribution is -0.142. The third-order valence-electron chi connectivity index (χ3n) is 8.93. The molecule has 17 nitrogen and oxygen atoms in total. The second-order valence-electron chi connectivity index (χ2n) is 14.1. The molecule has 0 saturated carbocycles. The second kappa shape index (κ2) is 24.1. The Kier molecular flexibility index (Phi) is 20.4. The number of aromatic hydroxyl groups is 1. The minimum Gasteiger partial charge on any atom is -0.508 e. The summed E-state index contributed by atoms with van der Waals surface area (Å²) in [6.45, 7) is 4.73. The van der Waals surface area contributed by atoms with E-state index in [-0.39, 0.29) is 50.4 Å². The quantitative estimate of drug-likeness (QED) is 0.0843. The van der Waals surface area contributed by atoms with E-state index in [0.29, 0.717) is 63.6 Å². The van der Waals surface area contributed by atoms with E-state index < -0.39 is 71.8 Å². The molecule has 1 aromatic rings. The maximum absolute atomic E-state index is 14.0. The molecule has 17 heteroatoms. The number of unbranched alkanes of at least 4 members (excludes halogenated alkanes) is 2. The highest BCUT2D eigenvalue weighted by molar-refractivity contribution is 5.94. The molecule has 1 aromatic carbocycles. The van der Waals surface area contributed by atoms with Crippen molar-refractivity contribution in [1.82, 2.24) is 31.9 Å². The summed E-state index contributed by atoms with van der Waals surface area (Å²) in [4.78, 5) is 79.2. The van der Waals surface area contributed by atoms with Crippen LogP contribution in [0.15, 0.2) is 24.3 Å². The fourth-order valence-corrected chi connectivity index (χ4v) is 5.90. The summed E-state index contributed by atoms with van der Waals surface area (Å²) in [5, 5.41) is 36.4. The molecule has 1 aliphatic heterocycles. The van der Waals surface area contributed by atoms with Crippen LogP contribution in [0.2, 0.25) is 0 Å². The van der Waals surface area contributed by atoms with Crippen molar-refractivity contribution >= 4 is 35.5 Å². The van der Waals surface area contributed by atoms with Gasteiger partial charge < -0.3 is 59.3 Å². The maximum Gasteiger partial charge on any atom is 0.326 e. The fraction of sp³-hybridized carbons (Fsp3) is 0.667. The number of rotatable bonds is 17. The molecule has 1 saturated heterocycles. The molecule has 0 aromatic heterocycles. The number of carbonyl (C=O) groups excluding carboxylic acids is 5. The van der Waals surface area contributed by atoms with Crippen molar-refractivity contribution in [3.63, 3.8) is 0 Å². The van der Waals surface area contributed by atoms with E-state index in [4.69, 9.17) is 17.2 Å². The largest absolute Gasteiger partial charge is 0.508 e. The van der Waals surface area contributed by atoms with Crippen LogP contribution in [-0.2, 0) is 35.2 Å². The smallest absolute Gasteiger partial charge is 0.326 e. The Morgan fingerprint density at radius 3 is 2.19 bits per heavy atom. The van der Waals surface area contributed by atoms with E-state index in [1.54, 1.807) is 12.1 Å². The van der Waals surface area contributed by atoms with Crippen LogP contribution in [0.1, 0.15) is 83.6 Å². The molecule has 1 fully saturated rings. The molecule has 2 rings (SSSR count). The lowest BCUT2D eigenvalue weighted by atomic mass is 10.0. The Hall–Kier alpha value is -4.32. The number of phenols is 1. The summed E-state index contributed by atoms with van der Waals surface area (Å²) in [6.07, 6.45) is 3.75. The molecule has 0 bridgehead atoms. The van der Waals surface area contributed by atoms with Crippen molar-refractivity contribution < 1.29 is 39.0 Å². The number of carboxylic acids is 1. The number of hydrogen-bond acceptors (Lipinski definition) is 11. The van der Waals surface area contributed by atoms with Crippen LogP contribution in [-0.4, -0.2) is 108 Å². The van der Waals surface area contributed by atoms with Gasteiger partial charge in [0.05, 0.1) is 18.5 Å². The summed E-state index contributed by atoms with van der Waals surface area (Å²) in [5.41, 5.74) is 18.1. The van der Waals surface area contributed by atoms with E-state index in [1.807, 2.05) is 13.8 Å². The van der Waals surface area contributed by atoms with E-state index in [9.17, 15) is 39.0 Å². The van der Waals surface area contributed by atoms with E-state index in [0.717, 1.165) is 0 Å². The van der Waals surface area contributed by atoms with Crippen LogP contribution in [0, 0.1) is 5.92 Å². The number of aliphatic carboxylic acids is 1. The van der Waals surface area contributed by atoms with Gasteiger partial charge in [-0.1, -0.05) is 32.4 Å². The number of amides is 5. The first-order valence-corrected chi connectivity index (χ1v) is 18.6. The zero-order valence-electron chi connectivity index (χ0n) is 31.0. The molecule has 0 spiro atoms. The van der Waals surface area contributed by atoms with Gasteiger partial charge in [0.2, 0.25) is 29.5 Å². The monoisotopic (exact) mass is 747 g/mol. The summed E-state index contributed by atoms with van der Waals surface area (Å²) >= 11 is 0. The van der Waals surface area contributed by atoms with Gasteiger partial charge in [-0.05, 0) is 88.1 Å². The van der Waals surface area contributed by atoms with Gasteiger partial charge in [0, 0.05) is 25.6 Å². The Bertz CT molecular complexity index is 1330. The van der Waals surface area contributed by atoms with Crippen molar-refractivity contribution in [2.45, 2.75) is 121 Å². The Balaban J connectivity index is 2.40. The highest BCUT2D eigenvalue weighted by Gasteiger charge is 2.32. The second-order valence-corrected chi connectivity index (χ2v) is 14.1. The summed E-state index contributed by atoms with van der Waals surface area (Å²) in [7, 11) is 0. The standard InChI is InChI=1S/C36H61N9O8/c1-22(2)18-30(36(52)53)45-35(51)29(19-23-11-13-25(46)14-12-23)44-34(50)28-20-31(47)40-17-7-9-26(39)32(48)43-27(10-4-6-16-38)33(49)42-24(21-41-28)8-3-5-15-37/h11-14,22,24,26-30,41,46H,3-10,15-21,37-39H2,1-2H3,(H,40,47)(H,42,49)(H,43,48)(H,44,50)(H,45,51)(H,52,53)/t24-,26-,27-,28-,29-,30-/m0/s1. The number of carbonyl (C=O) groups is 6. The van der Waals surface area contributed by atoms with Crippen LogP contribution in [0.3, 0.4) is 0 Å². The van der Waals surface area contributed by atoms with Gasteiger partial charge in [0.1, 0.15) is 23.9 Å². The Morgan fingerprint density at radius 1 is 0.906 bits per heavy atom. The third-order valence-corrected chi connectivity index (χ3v) is 8.93. The van der Waals surface area contributed by atoms with Gasteiger partial charge in [-0.15, -0.1) is 0 Å². The highest BCUT2D eigenvalue weighted by atomic mass is 16.4. The average Bonchev–Trinajstić information content (AvgIpc) is 3.10. The zero-order chi connectivity index (χ0) is 39.3.